The Morgan fingerprint density at radius 1 is 1.39 bits per heavy atom. The summed E-state index contributed by atoms with van der Waals surface area (Å²) in [6.07, 6.45) is 0.762. The SMILES string of the molecule is CN(C)NC(=O)c1[nH]nc2c1Cc1ccccc1-2. The Morgan fingerprint density at radius 3 is 2.94 bits per heavy atom. The van der Waals surface area contributed by atoms with Gasteiger partial charge in [0.15, 0.2) is 0 Å². The number of aromatic nitrogens is 2. The van der Waals surface area contributed by atoms with E-state index in [-0.39, 0.29) is 5.91 Å². The maximum Gasteiger partial charge on any atom is 0.283 e. The van der Waals surface area contributed by atoms with Crippen molar-refractivity contribution >= 4 is 5.91 Å². The lowest BCUT2D eigenvalue weighted by Gasteiger charge is -2.11. The monoisotopic (exact) mass is 242 g/mol. The van der Waals surface area contributed by atoms with Crippen LogP contribution in [-0.4, -0.2) is 35.2 Å². The molecule has 1 aliphatic carbocycles. The molecule has 1 aromatic carbocycles. The van der Waals surface area contributed by atoms with Gasteiger partial charge in [0.2, 0.25) is 0 Å². The summed E-state index contributed by atoms with van der Waals surface area (Å²) in [6.45, 7) is 0. The molecule has 2 aromatic rings. The standard InChI is InChI=1S/C13H14N4O/c1-17(2)16-13(18)12-10-7-8-5-3-4-6-9(8)11(10)14-15-12/h3-6H,7H2,1-2H3,(H,14,15)(H,16,18). The zero-order valence-corrected chi connectivity index (χ0v) is 10.3. The number of amides is 1. The fourth-order valence-corrected chi connectivity index (χ4v) is 2.30. The summed E-state index contributed by atoms with van der Waals surface area (Å²) in [5.41, 5.74) is 7.50. The summed E-state index contributed by atoms with van der Waals surface area (Å²) >= 11 is 0. The fourth-order valence-electron chi connectivity index (χ4n) is 2.30. The third-order valence-corrected chi connectivity index (χ3v) is 3.06. The Hall–Kier alpha value is -2.14. The van der Waals surface area contributed by atoms with Gasteiger partial charge < -0.3 is 0 Å². The summed E-state index contributed by atoms with van der Waals surface area (Å²) in [7, 11) is 3.56. The second kappa shape index (κ2) is 3.96. The molecule has 0 saturated carbocycles. The van der Waals surface area contributed by atoms with E-state index in [1.807, 2.05) is 18.2 Å². The van der Waals surface area contributed by atoms with Gasteiger partial charge in [-0.25, -0.2) is 5.01 Å². The molecule has 0 unspecified atom stereocenters. The number of nitrogens with one attached hydrogen (secondary N) is 2. The van der Waals surface area contributed by atoms with Crippen molar-refractivity contribution in [2.45, 2.75) is 6.42 Å². The van der Waals surface area contributed by atoms with Crippen molar-refractivity contribution in [3.63, 3.8) is 0 Å². The van der Waals surface area contributed by atoms with Crippen LogP contribution in [0.5, 0.6) is 0 Å². The highest BCUT2D eigenvalue weighted by Crippen LogP contribution is 2.36. The minimum atomic E-state index is -0.151. The number of fused-ring (bicyclic) bond motifs is 3. The van der Waals surface area contributed by atoms with Crippen LogP contribution in [-0.2, 0) is 6.42 Å². The van der Waals surface area contributed by atoms with E-state index in [2.05, 4.69) is 21.7 Å². The Labute approximate surface area is 105 Å². The Morgan fingerprint density at radius 2 is 2.17 bits per heavy atom. The average molecular weight is 242 g/mol. The second-order valence-electron chi connectivity index (χ2n) is 4.60. The molecular weight excluding hydrogens is 228 g/mol. The molecule has 5 nitrogen and oxygen atoms in total. The summed E-state index contributed by atoms with van der Waals surface area (Å²) in [5.74, 6) is -0.151. The number of rotatable bonds is 2. The zero-order chi connectivity index (χ0) is 12.7. The largest absolute Gasteiger partial charge is 0.284 e. The molecule has 0 saturated heterocycles. The van der Waals surface area contributed by atoms with Crippen LogP contribution in [0.4, 0.5) is 0 Å². The molecule has 0 bridgehead atoms. The van der Waals surface area contributed by atoms with E-state index in [0.717, 1.165) is 23.2 Å². The summed E-state index contributed by atoms with van der Waals surface area (Å²) in [6, 6.07) is 8.11. The number of H-pyrrole nitrogens is 1. The predicted molar refractivity (Wildman–Crippen MR) is 68.0 cm³/mol. The van der Waals surface area contributed by atoms with Gasteiger partial charge in [0.25, 0.3) is 5.91 Å². The maximum absolute atomic E-state index is 12.0. The highest BCUT2D eigenvalue weighted by molar-refractivity contribution is 5.96. The lowest BCUT2D eigenvalue weighted by atomic mass is 10.1. The molecule has 1 heterocycles. The van der Waals surface area contributed by atoms with Gasteiger partial charge in [0.05, 0.1) is 5.69 Å². The molecule has 0 spiro atoms. The van der Waals surface area contributed by atoms with E-state index < -0.39 is 0 Å². The van der Waals surface area contributed by atoms with Crippen LogP contribution in [0, 0.1) is 0 Å². The van der Waals surface area contributed by atoms with Crippen LogP contribution in [0.1, 0.15) is 21.6 Å². The van der Waals surface area contributed by atoms with E-state index in [1.54, 1.807) is 19.1 Å². The van der Waals surface area contributed by atoms with Crippen molar-refractivity contribution in [1.29, 1.82) is 0 Å². The van der Waals surface area contributed by atoms with Crippen molar-refractivity contribution in [1.82, 2.24) is 20.6 Å². The number of carbonyl (C=O) groups is 1. The molecule has 0 fully saturated rings. The predicted octanol–water partition coefficient (Wildman–Crippen LogP) is 1.19. The van der Waals surface area contributed by atoms with Gasteiger partial charge in [-0.15, -0.1) is 0 Å². The molecule has 3 rings (SSSR count). The number of hydrogen-bond acceptors (Lipinski definition) is 3. The lowest BCUT2D eigenvalue weighted by Crippen LogP contribution is -2.36. The molecule has 0 atom stereocenters. The van der Waals surface area contributed by atoms with Crippen LogP contribution >= 0.6 is 0 Å². The van der Waals surface area contributed by atoms with Gasteiger partial charge in [-0.05, 0) is 5.56 Å². The van der Waals surface area contributed by atoms with Gasteiger partial charge >= 0.3 is 0 Å². The Bertz CT molecular complexity index is 615. The minimum Gasteiger partial charge on any atom is -0.284 e. The van der Waals surface area contributed by atoms with E-state index >= 15 is 0 Å². The lowest BCUT2D eigenvalue weighted by molar-refractivity contribution is 0.0850. The fraction of sp³-hybridized carbons (Fsp3) is 0.231. The van der Waals surface area contributed by atoms with Gasteiger partial charge in [0.1, 0.15) is 5.69 Å². The van der Waals surface area contributed by atoms with E-state index in [4.69, 9.17) is 0 Å². The van der Waals surface area contributed by atoms with Crippen LogP contribution in [0.15, 0.2) is 24.3 Å². The van der Waals surface area contributed by atoms with Crippen molar-refractivity contribution in [3.05, 3.63) is 41.1 Å². The number of aromatic amines is 1. The number of nitrogens with zero attached hydrogens (tertiary/aromatic N) is 2. The molecule has 18 heavy (non-hydrogen) atoms. The third kappa shape index (κ3) is 1.60. The topological polar surface area (TPSA) is 61.0 Å². The first kappa shape index (κ1) is 11.0. The summed E-state index contributed by atoms with van der Waals surface area (Å²) in [4.78, 5) is 12.0. The molecular formula is C13H14N4O. The number of hydrazine groups is 1. The van der Waals surface area contributed by atoms with E-state index in [0.29, 0.717) is 5.69 Å². The average Bonchev–Trinajstić information content (AvgIpc) is 2.85. The first-order valence-corrected chi connectivity index (χ1v) is 5.80. The van der Waals surface area contributed by atoms with Crippen LogP contribution in [0.25, 0.3) is 11.3 Å². The quantitative estimate of drug-likeness (QED) is 0.663. The van der Waals surface area contributed by atoms with E-state index in [9.17, 15) is 4.79 Å². The number of benzene rings is 1. The van der Waals surface area contributed by atoms with Crippen molar-refractivity contribution in [2.24, 2.45) is 0 Å². The minimum absolute atomic E-state index is 0.151. The first-order valence-electron chi connectivity index (χ1n) is 5.80. The molecule has 92 valence electrons. The maximum atomic E-state index is 12.0. The Balaban J connectivity index is 1.99. The summed E-state index contributed by atoms with van der Waals surface area (Å²) < 4.78 is 0. The molecule has 1 aromatic heterocycles. The molecule has 5 heteroatoms. The van der Waals surface area contributed by atoms with Crippen molar-refractivity contribution in [3.8, 4) is 11.3 Å². The van der Waals surface area contributed by atoms with Crippen LogP contribution < -0.4 is 5.43 Å². The van der Waals surface area contributed by atoms with Crippen molar-refractivity contribution < 1.29 is 4.79 Å². The smallest absolute Gasteiger partial charge is 0.283 e. The van der Waals surface area contributed by atoms with Crippen LogP contribution in [0.3, 0.4) is 0 Å². The van der Waals surface area contributed by atoms with E-state index in [1.165, 1.54) is 5.56 Å². The van der Waals surface area contributed by atoms with Crippen LogP contribution in [0.2, 0.25) is 0 Å². The molecule has 2 N–H and O–H groups in total. The molecule has 1 amide bonds. The van der Waals surface area contributed by atoms with Gasteiger partial charge in [-0.2, -0.15) is 5.10 Å². The normalized spacial score (nSPS) is 12.4. The highest BCUT2D eigenvalue weighted by Gasteiger charge is 2.27. The number of hydrogen-bond donors (Lipinski definition) is 2. The van der Waals surface area contributed by atoms with Gasteiger partial charge in [0, 0.05) is 31.6 Å². The molecule has 1 aliphatic rings. The Kier molecular flexibility index (Phi) is 2.41. The first-order chi connectivity index (χ1) is 8.66. The highest BCUT2D eigenvalue weighted by atomic mass is 16.2. The molecule has 0 radical (unpaired) electrons. The number of carbonyl (C=O) groups excluding carboxylic acids is 1. The summed E-state index contributed by atoms with van der Waals surface area (Å²) in [5, 5.41) is 8.72. The van der Waals surface area contributed by atoms with Gasteiger partial charge in [-0.1, -0.05) is 24.3 Å². The zero-order valence-electron chi connectivity index (χ0n) is 10.3. The van der Waals surface area contributed by atoms with Crippen molar-refractivity contribution in [2.75, 3.05) is 14.1 Å². The third-order valence-electron chi connectivity index (χ3n) is 3.06. The van der Waals surface area contributed by atoms with Gasteiger partial charge in [-0.3, -0.25) is 15.3 Å². The molecule has 0 aliphatic heterocycles. The second-order valence-corrected chi connectivity index (χ2v) is 4.60.